The van der Waals surface area contributed by atoms with Gasteiger partial charge in [-0.15, -0.1) is 0 Å². The number of rotatable bonds is 7. The number of primary amides is 1. The van der Waals surface area contributed by atoms with Crippen LogP contribution in [0.25, 0.3) is 0 Å². The Morgan fingerprint density at radius 2 is 2.00 bits per heavy atom. The molecule has 17 heavy (non-hydrogen) atoms. The molecule has 0 fully saturated rings. The van der Waals surface area contributed by atoms with Crippen LogP contribution in [0.15, 0.2) is 30.3 Å². The van der Waals surface area contributed by atoms with Crippen LogP contribution >= 0.6 is 0 Å². The molecule has 0 aliphatic rings. The molecule has 4 N–H and O–H groups in total. The van der Waals surface area contributed by atoms with Gasteiger partial charge in [0.15, 0.2) is 0 Å². The predicted molar refractivity (Wildman–Crippen MR) is 70.7 cm³/mol. The molecule has 0 radical (unpaired) electrons. The van der Waals surface area contributed by atoms with E-state index < -0.39 is 11.9 Å². The molecule has 0 aliphatic heterocycles. The molecule has 0 aliphatic carbocycles. The van der Waals surface area contributed by atoms with Crippen molar-refractivity contribution < 1.29 is 4.79 Å². The topological polar surface area (TPSA) is 72.3 Å². The highest BCUT2D eigenvalue weighted by molar-refractivity contribution is 5.80. The van der Waals surface area contributed by atoms with Crippen LogP contribution in [0.2, 0.25) is 0 Å². The summed E-state index contributed by atoms with van der Waals surface area (Å²) in [6, 6.07) is 9.34. The molecule has 1 rings (SSSR count). The number of carbonyl (C=O) groups excluding carboxylic acids is 1. The van der Waals surface area contributed by atoms with Gasteiger partial charge in [-0.05, 0) is 18.6 Å². The van der Waals surface area contributed by atoms with E-state index in [4.69, 9.17) is 11.5 Å². The van der Waals surface area contributed by atoms with E-state index in [0.29, 0.717) is 6.54 Å². The highest BCUT2D eigenvalue weighted by Gasteiger charge is 2.14. The van der Waals surface area contributed by atoms with E-state index in [1.165, 1.54) is 0 Å². The zero-order valence-corrected chi connectivity index (χ0v) is 10.3. The fraction of sp³-hybridized carbons (Fsp3) is 0.462. The standard InChI is InChI=1S/C13H21N3O/c1-2-3-9-16(10-12(14)13(15)17)11-7-5-4-6-8-11/h4-8,12H,2-3,9-10,14H2,1H3,(H2,15,17). The van der Waals surface area contributed by atoms with Crippen molar-refractivity contribution in [2.45, 2.75) is 25.8 Å². The number of hydrogen-bond donors (Lipinski definition) is 2. The summed E-state index contributed by atoms with van der Waals surface area (Å²) in [5.41, 5.74) is 12.0. The lowest BCUT2D eigenvalue weighted by molar-refractivity contribution is -0.119. The number of hydrogen-bond acceptors (Lipinski definition) is 3. The van der Waals surface area contributed by atoms with Crippen LogP contribution < -0.4 is 16.4 Å². The van der Waals surface area contributed by atoms with Gasteiger partial charge in [0, 0.05) is 18.8 Å². The minimum absolute atomic E-state index is 0.456. The lowest BCUT2D eigenvalue weighted by atomic mass is 10.2. The van der Waals surface area contributed by atoms with Crippen LogP contribution in [0.3, 0.4) is 0 Å². The van der Waals surface area contributed by atoms with Gasteiger partial charge in [0.05, 0.1) is 0 Å². The van der Waals surface area contributed by atoms with Crippen LogP contribution in [0.5, 0.6) is 0 Å². The van der Waals surface area contributed by atoms with Crippen molar-refractivity contribution in [2.75, 3.05) is 18.0 Å². The molecule has 1 aromatic rings. The summed E-state index contributed by atoms with van der Waals surface area (Å²) in [7, 11) is 0. The second-order valence-corrected chi connectivity index (χ2v) is 4.14. The number of unbranched alkanes of at least 4 members (excludes halogenated alkanes) is 1. The molecule has 1 aromatic carbocycles. The number of amides is 1. The Morgan fingerprint density at radius 1 is 1.35 bits per heavy atom. The fourth-order valence-corrected chi connectivity index (χ4v) is 1.64. The minimum Gasteiger partial charge on any atom is -0.369 e. The summed E-state index contributed by atoms with van der Waals surface area (Å²) < 4.78 is 0. The maximum absolute atomic E-state index is 11.0. The van der Waals surface area contributed by atoms with Gasteiger partial charge in [0.25, 0.3) is 0 Å². The SMILES string of the molecule is CCCCN(CC(N)C(N)=O)c1ccccc1. The van der Waals surface area contributed by atoms with Gasteiger partial charge in [-0.2, -0.15) is 0 Å². The number of carbonyl (C=O) groups is 1. The summed E-state index contributed by atoms with van der Waals surface area (Å²) in [4.78, 5) is 13.1. The van der Waals surface area contributed by atoms with E-state index in [2.05, 4.69) is 11.8 Å². The van der Waals surface area contributed by atoms with Crippen molar-refractivity contribution in [3.63, 3.8) is 0 Å². The van der Waals surface area contributed by atoms with Gasteiger partial charge in [-0.1, -0.05) is 31.5 Å². The number of benzene rings is 1. The molecule has 1 atom stereocenters. The lowest BCUT2D eigenvalue weighted by Gasteiger charge is -2.26. The average Bonchev–Trinajstić information content (AvgIpc) is 2.35. The van der Waals surface area contributed by atoms with E-state index in [1.54, 1.807) is 0 Å². The highest BCUT2D eigenvalue weighted by Crippen LogP contribution is 2.14. The van der Waals surface area contributed by atoms with Gasteiger partial charge < -0.3 is 16.4 Å². The smallest absolute Gasteiger partial charge is 0.236 e. The van der Waals surface area contributed by atoms with Gasteiger partial charge in [0.1, 0.15) is 6.04 Å². The summed E-state index contributed by atoms with van der Waals surface area (Å²) in [5.74, 6) is -0.456. The second-order valence-electron chi connectivity index (χ2n) is 4.14. The summed E-state index contributed by atoms with van der Waals surface area (Å²) in [5, 5.41) is 0. The number of nitrogens with two attached hydrogens (primary N) is 2. The third-order valence-corrected chi connectivity index (χ3v) is 2.69. The highest BCUT2D eigenvalue weighted by atomic mass is 16.1. The number of nitrogens with zero attached hydrogens (tertiary/aromatic N) is 1. The van der Waals surface area contributed by atoms with E-state index in [9.17, 15) is 4.79 Å². The van der Waals surface area contributed by atoms with Crippen molar-refractivity contribution in [3.05, 3.63) is 30.3 Å². The molecular formula is C13H21N3O. The Morgan fingerprint density at radius 3 is 2.53 bits per heavy atom. The largest absolute Gasteiger partial charge is 0.369 e. The summed E-state index contributed by atoms with van der Waals surface area (Å²) in [6.45, 7) is 3.50. The van der Waals surface area contributed by atoms with Gasteiger partial charge in [0.2, 0.25) is 5.91 Å². The zero-order chi connectivity index (χ0) is 12.7. The van der Waals surface area contributed by atoms with E-state index in [1.807, 2.05) is 30.3 Å². The fourth-order valence-electron chi connectivity index (χ4n) is 1.64. The predicted octanol–water partition coefficient (Wildman–Crippen LogP) is 1.11. The lowest BCUT2D eigenvalue weighted by Crippen LogP contribution is -2.46. The third-order valence-electron chi connectivity index (χ3n) is 2.69. The monoisotopic (exact) mass is 235 g/mol. The molecule has 0 bridgehead atoms. The second kappa shape index (κ2) is 6.91. The van der Waals surface area contributed by atoms with Crippen LogP contribution in [0.4, 0.5) is 5.69 Å². The maximum Gasteiger partial charge on any atom is 0.236 e. The van der Waals surface area contributed by atoms with Gasteiger partial charge in [-0.25, -0.2) is 0 Å². The Hall–Kier alpha value is -1.55. The minimum atomic E-state index is -0.618. The van der Waals surface area contributed by atoms with E-state index in [0.717, 1.165) is 25.1 Å². The summed E-state index contributed by atoms with van der Waals surface area (Å²) in [6.07, 6.45) is 2.18. The van der Waals surface area contributed by atoms with Crippen molar-refractivity contribution in [3.8, 4) is 0 Å². The Kier molecular flexibility index (Phi) is 5.49. The van der Waals surface area contributed by atoms with Crippen LogP contribution in [-0.4, -0.2) is 25.0 Å². The van der Waals surface area contributed by atoms with Gasteiger partial charge >= 0.3 is 0 Å². The molecule has 0 spiro atoms. The molecule has 0 heterocycles. The molecule has 0 saturated heterocycles. The quantitative estimate of drug-likeness (QED) is 0.743. The molecule has 4 nitrogen and oxygen atoms in total. The van der Waals surface area contributed by atoms with Gasteiger partial charge in [-0.3, -0.25) is 4.79 Å². The van der Waals surface area contributed by atoms with Crippen molar-refractivity contribution in [1.82, 2.24) is 0 Å². The van der Waals surface area contributed by atoms with Crippen LogP contribution in [0, 0.1) is 0 Å². The Labute approximate surface area is 103 Å². The van der Waals surface area contributed by atoms with Crippen molar-refractivity contribution in [2.24, 2.45) is 11.5 Å². The average molecular weight is 235 g/mol. The van der Waals surface area contributed by atoms with E-state index >= 15 is 0 Å². The first kappa shape index (κ1) is 13.5. The Balaban J connectivity index is 2.70. The Bertz CT molecular complexity index is 340. The molecule has 1 unspecified atom stereocenters. The number of para-hydroxylation sites is 1. The van der Waals surface area contributed by atoms with Crippen LogP contribution in [-0.2, 0) is 4.79 Å². The zero-order valence-electron chi connectivity index (χ0n) is 10.3. The summed E-state index contributed by atoms with van der Waals surface area (Å²) >= 11 is 0. The van der Waals surface area contributed by atoms with Crippen LogP contribution in [0.1, 0.15) is 19.8 Å². The molecule has 1 amide bonds. The molecule has 0 saturated carbocycles. The molecule has 4 heteroatoms. The molecule has 94 valence electrons. The third kappa shape index (κ3) is 4.44. The van der Waals surface area contributed by atoms with Crippen molar-refractivity contribution in [1.29, 1.82) is 0 Å². The van der Waals surface area contributed by atoms with Crippen molar-refractivity contribution >= 4 is 11.6 Å². The first-order valence-electron chi connectivity index (χ1n) is 6.00. The first-order valence-corrected chi connectivity index (χ1v) is 6.00. The molecular weight excluding hydrogens is 214 g/mol. The van der Waals surface area contributed by atoms with E-state index in [-0.39, 0.29) is 0 Å². The maximum atomic E-state index is 11.0. The normalized spacial score (nSPS) is 12.1. The molecule has 0 aromatic heterocycles. The first-order chi connectivity index (χ1) is 8.15. The number of anilines is 1.